The first kappa shape index (κ1) is 48.1. The number of unbranched alkanes of at least 4 members (excludes halogenated alkanes) is 11. The number of methoxy groups -OCH3 is 1. The smallest absolute Gasteiger partial charge is 0.338 e. The van der Waals surface area contributed by atoms with Gasteiger partial charge in [-0.05, 0) is 54.8 Å². The minimum Gasteiger partial charge on any atom is -0.495 e. The lowest BCUT2D eigenvalue weighted by Crippen LogP contribution is -2.48. The Kier molecular flexibility index (Phi) is 17.4. The van der Waals surface area contributed by atoms with Crippen LogP contribution in [0.25, 0.3) is 0 Å². The summed E-state index contributed by atoms with van der Waals surface area (Å²) in [5.74, 6) is -2.76. The molecule has 4 aromatic carbocycles. The van der Waals surface area contributed by atoms with E-state index in [0.717, 1.165) is 28.1 Å². The number of rotatable bonds is 25. The maximum absolute atomic E-state index is 15.1. The van der Waals surface area contributed by atoms with Gasteiger partial charge in [0.05, 0.1) is 50.4 Å². The number of ether oxygens (including phenoxy) is 3. The number of amides is 1. The summed E-state index contributed by atoms with van der Waals surface area (Å²) in [6.45, 7) is 3.85. The van der Waals surface area contributed by atoms with Crippen molar-refractivity contribution in [1.82, 2.24) is 13.4 Å². The number of fused-ring (bicyclic) bond motifs is 1. The number of imidazole rings is 1. The predicted octanol–water partition coefficient (Wildman–Crippen LogP) is 9.78. The number of aliphatic imine (C=N–C) groups is 1. The average Bonchev–Trinajstić information content (AvgIpc) is 3.53. The summed E-state index contributed by atoms with van der Waals surface area (Å²) < 4.78 is 49.3. The van der Waals surface area contributed by atoms with Gasteiger partial charge in [-0.3, -0.25) is 9.36 Å². The van der Waals surface area contributed by atoms with Gasteiger partial charge in [0.25, 0.3) is 27.7 Å². The SMILES string of the molecule is CCCCCCCCCCCCCCOC(=O)c1ccc(OC)c(NC(=O)C(C2=Nc3ccccc3S(=O)(=O)N2Cc2ccccc2)n2c(O)c(OCC)n(Cc3ccccc3)c2=O)c1. The Morgan fingerprint density at radius 1 is 0.754 bits per heavy atom. The van der Waals surface area contributed by atoms with Crippen molar-refractivity contribution in [3.63, 3.8) is 0 Å². The molecule has 14 nitrogen and oxygen atoms in total. The first-order valence-corrected chi connectivity index (χ1v) is 24.1. The van der Waals surface area contributed by atoms with Gasteiger partial charge in [-0.25, -0.2) is 31.9 Å². The maximum atomic E-state index is 15.1. The van der Waals surface area contributed by atoms with E-state index in [4.69, 9.17) is 19.2 Å². The van der Waals surface area contributed by atoms with Gasteiger partial charge in [-0.1, -0.05) is 150 Å². The van der Waals surface area contributed by atoms with Gasteiger partial charge in [0.15, 0.2) is 11.9 Å². The highest BCUT2D eigenvalue weighted by molar-refractivity contribution is 7.90. The molecule has 1 aliphatic heterocycles. The normalized spacial score (nSPS) is 13.4. The molecule has 0 saturated heterocycles. The standard InChI is InChI=1S/C50H61N5O9S/c1-4-6-7-8-9-10-11-12-13-14-15-24-33-64-49(58)39-31-32-42(62-3)41(34-39)52-46(56)44(55-47(57)48(63-5-2)53(50(55)59)35-37-25-18-16-19-26-37)45-51-40-29-22-23-30-43(40)65(60,61)54(45)36-38-27-20-17-21-28-38/h16-23,25-32,34,44,57H,4-15,24,33,35-36H2,1-3H3,(H,52,56). The van der Waals surface area contributed by atoms with Crippen LogP contribution in [0.3, 0.4) is 0 Å². The Bertz CT molecular complexity index is 2560. The monoisotopic (exact) mass is 907 g/mol. The summed E-state index contributed by atoms with van der Waals surface area (Å²) in [7, 11) is -3.04. The average molecular weight is 908 g/mol. The molecule has 0 spiro atoms. The molecule has 1 amide bonds. The molecule has 0 saturated carbocycles. The van der Waals surface area contributed by atoms with Crippen LogP contribution in [0.2, 0.25) is 0 Å². The number of hydrogen-bond donors (Lipinski definition) is 2. The highest BCUT2D eigenvalue weighted by Crippen LogP contribution is 2.39. The van der Waals surface area contributed by atoms with Crippen molar-refractivity contribution in [3.8, 4) is 17.5 Å². The van der Waals surface area contributed by atoms with Crippen molar-refractivity contribution in [2.45, 2.75) is 115 Å². The molecule has 15 heteroatoms. The van der Waals surface area contributed by atoms with E-state index in [1.165, 1.54) is 93.4 Å². The first-order valence-electron chi connectivity index (χ1n) is 22.7. The third kappa shape index (κ3) is 12.1. The van der Waals surface area contributed by atoms with Gasteiger partial charge in [-0.15, -0.1) is 0 Å². The number of sulfonamides is 1. The lowest BCUT2D eigenvalue weighted by Gasteiger charge is -2.33. The van der Waals surface area contributed by atoms with E-state index >= 15 is 4.79 Å². The lowest BCUT2D eigenvalue weighted by molar-refractivity contribution is -0.117. The summed E-state index contributed by atoms with van der Waals surface area (Å²) in [6.07, 6.45) is 14.1. The van der Waals surface area contributed by atoms with Crippen LogP contribution in [0.15, 0.2) is 118 Å². The predicted molar refractivity (Wildman–Crippen MR) is 252 cm³/mol. The third-order valence-electron chi connectivity index (χ3n) is 11.3. The zero-order valence-corrected chi connectivity index (χ0v) is 38.4. The van der Waals surface area contributed by atoms with Gasteiger partial charge in [-0.2, -0.15) is 0 Å². The topological polar surface area (TPSA) is 171 Å². The van der Waals surface area contributed by atoms with Crippen LogP contribution in [0.5, 0.6) is 17.5 Å². The molecule has 346 valence electrons. The van der Waals surface area contributed by atoms with E-state index in [-0.39, 0.29) is 65.6 Å². The molecule has 0 radical (unpaired) electrons. The molecule has 1 atom stereocenters. The highest BCUT2D eigenvalue weighted by Gasteiger charge is 2.44. The molecule has 1 aromatic heterocycles. The van der Waals surface area contributed by atoms with E-state index in [1.807, 2.05) is 6.07 Å². The van der Waals surface area contributed by atoms with Crippen molar-refractivity contribution in [2.24, 2.45) is 4.99 Å². The number of aromatic nitrogens is 2. The van der Waals surface area contributed by atoms with Crippen molar-refractivity contribution in [1.29, 1.82) is 0 Å². The second-order valence-electron chi connectivity index (χ2n) is 16.1. The summed E-state index contributed by atoms with van der Waals surface area (Å²) in [6, 6.07) is 26.3. The number of carbonyl (C=O) groups excluding carboxylic acids is 2. The van der Waals surface area contributed by atoms with E-state index in [1.54, 1.807) is 73.7 Å². The maximum Gasteiger partial charge on any atom is 0.338 e. The van der Waals surface area contributed by atoms with Crippen molar-refractivity contribution in [3.05, 3.63) is 130 Å². The molecule has 6 rings (SSSR count). The number of esters is 1. The van der Waals surface area contributed by atoms with E-state index in [2.05, 4.69) is 12.2 Å². The zero-order valence-electron chi connectivity index (χ0n) is 37.6. The minimum absolute atomic E-state index is 0.0258. The molecular weight excluding hydrogens is 847 g/mol. The summed E-state index contributed by atoms with van der Waals surface area (Å²) in [5.41, 5.74) is 0.557. The van der Waals surface area contributed by atoms with E-state index in [9.17, 15) is 23.1 Å². The lowest BCUT2D eigenvalue weighted by atomic mass is 10.1. The summed E-state index contributed by atoms with van der Waals surface area (Å²) in [5, 5.41) is 14.8. The fourth-order valence-corrected chi connectivity index (χ4v) is 9.50. The Balaban J connectivity index is 1.31. The van der Waals surface area contributed by atoms with Gasteiger partial charge in [0, 0.05) is 0 Å². The Morgan fingerprint density at radius 3 is 1.95 bits per heavy atom. The Morgan fingerprint density at radius 2 is 1.34 bits per heavy atom. The van der Waals surface area contributed by atoms with Crippen LogP contribution in [0.4, 0.5) is 11.4 Å². The molecule has 0 fully saturated rings. The summed E-state index contributed by atoms with van der Waals surface area (Å²) in [4.78, 5) is 47.9. The third-order valence-corrected chi connectivity index (χ3v) is 13.1. The number of aromatic hydroxyl groups is 1. The number of nitrogens with zero attached hydrogens (tertiary/aromatic N) is 4. The number of benzene rings is 4. The molecule has 1 aliphatic rings. The molecule has 1 unspecified atom stereocenters. The molecule has 65 heavy (non-hydrogen) atoms. The van der Waals surface area contributed by atoms with Gasteiger partial charge in [0.2, 0.25) is 0 Å². The van der Waals surface area contributed by atoms with Crippen molar-refractivity contribution < 1.29 is 37.3 Å². The van der Waals surface area contributed by atoms with E-state index in [0.29, 0.717) is 17.5 Å². The van der Waals surface area contributed by atoms with Crippen LogP contribution in [-0.4, -0.2) is 65.0 Å². The molecule has 2 N–H and O–H groups in total. The quantitative estimate of drug-likeness (QED) is 0.0427. The van der Waals surface area contributed by atoms with Crippen LogP contribution in [-0.2, 0) is 32.6 Å². The largest absolute Gasteiger partial charge is 0.495 e. The number of carbonyl (C=O) groups is 2. The van der Waals surface area contributed by atoms with Crippen LogP contribution < -0.4 is 20.5 Å². The van der Waals surface area contributed by atoms with Gasteiger partial charge in [0.1, 0.15) is 10.6 Å². The van der Waals surface area contributed by atoms with Crippen LogP contribution >= 0.6 is 0 Å². The highest BCUT2D eigenvalue weighted by atomic mass is 32.2. The van der Waals surface area contributed by atoms with E-state index < -0.39 is 39.5 Å². The van der Waals surface area contributed by atoms with Crippen LogP contribution in [0, 0.1) is 0 Å². The molecule has 5 aromatic rings. The first-order chi connectivity index (χ1) is 31.6. The Labute approximate surface area is 381 Å². The second-order valence-corrected chi connectivity index (χ2v) is 17.9. The molecule has 0 bridgehead atoms. The summed E-state index contributed by atoms with van der Waals surface area (Å²) >= 11 is 0. The fourth-order valence-electron chi connectivity index (χ4n) is 7.93. The Hall–Kier alpha value is -6.35. The number of nitrogens with one attached hydrogen (secondary N) is 1. The van der Waals surface area contributed by atoms with Crippen molar-refractivity contribution in [2.75, 3.05) is 25.6 Å². The molecule has 2 heterocycles. The minimum atomic E-state index is -4.43. The fraction of sp³-hybridized carbons (Fsp3) is 0.400. The number of para-hydroxylation sites is 1. The van der Waals surface area contributed by atoms with Gasteiger partial charge >= 0.3 is 11.7 Å². The second kappa shape index (κ2) is 23.5. The number of anilines is 1. The molecule has 0 aliphatic carbocycles. The number of hydrogen-bond acceptors (Lipinski definition) is 10. The zero-order chi connectivity index (χ0) is 46.2. The van der Waals surface area contributed by atoms with Crippen molar-refractivity contribution >= 4 is 39.1 Å². The number of amidine groups is 1. The van der Waals surface area contributed by atoms with Gasteiger partial charge < -0.3 is 24.6 Å². The van der Waals surface area contributed by atoms with Crippen LogP contribution in [0.1, 0.15) is 118 Å². The molecular formula is C50H61N5O9S.